The molecule has 4 unspecified atom stereocenters. The molecule has 4 atom stereocenters. The number of anilines is 1. The molecule has 5 rings (SSSR count). The zero-order chi connectivity index (χ0) is 16.5. The molecule has 0 N–H and O–H groups in total. The van der Waals surface area contributed by atoms with Crippen LogP contribution >= 0.6 is 0 Å². The van der Waals surface area contributed by atoms with E-state index in [2.05, 4.69) is 6.07 Å². The highest BCUT2D eigenvalue weighted by atomic mass is 32.2. The quantitative estimate of drug-likeness (QED) is 0.788. The number of hydrogen-bond acceptors (Lipinski definition) is 3. The molecule has 1 saturated carbocycles. The molecule has 0 amide bonds. The van der Waals surface area contributed by atoms with E-state index < -0.39 is 10.0 Å². The molecule has 124 valence electrons. The Morgan fingerprint density at radius 1 is 1.04 bits per heavy atom. The number of nitrogens with zero attached hydrogens (tertiary/aromatic N) is 1. The van der Waals surface area contributed by atoms with Crippen molar-refractivity contribution < 1.29 is 13.2 Å². The van der Waals surface area contributed by atoms with Crippen LogP contribution in [0.5, 0.6) is 0 Å². The van der Waals surface area contributed by atoms with E-state index >= 15 is 0 Å². The lowest BCUT2D eigenvalue weighted by Gasteiger charge is -2.30. The van der Waals surface area contributed by atoms with Gasteiger partial charge in [0.05, 0.1) is 22.7 Å². The van der Waals surface area contributed by atoms with E-state index in [0.717, 1.165) is 29.7 Å². The fourth-order valence-electron chi connectivity index (χ4n) is 4.34. The molecule has 2 heterocycles. The second-order valence-electron chi connectivity index (χ2n) is 6.99. The molecule has 2 aliphatic heterocycles. The summed E-state index contributed by atoms with van der Waals surface area (Å²) in [7, 11) is -3.59. The molecule has 0 bridgehead atoms. The van der Waals surface area contributed by atoms with Crippen LogP contribution in [0.15, 0.2) is 53.4 Å². The maximum absolute atomic E-state index is 13.4. The average molecular weight is 341 g/mol. The molecule has 2 aromatic rings. The van der Waals surface area contributed by atoms with Crippen LogP contribution < -0.4 is 4.31 Å². The highest BCUT2D eigenvalue weighted by Crippen LogP contribution is 2.55. The van der Waals surface area contributed by atoms with Gasteiger partial charge < -0.3 is 4.74 Å². The van der Waals surface area contributed by atoms with Gasteiger partial charge in [0.25, 0.3) is 10.0 Å². The second kappa shape index (κ2) is 4.83. The number of epoxide rings is 1. The molecule has 2 aromatic carbocycles. The van der Waals surface area contributed by atoms with Gasteiger partial charge in [-0.2, -0.15) is 0 Å². The first-order chi connectivity index (χ1) is 11.6. The summed E-state index contributed by atoms with van der Waals surface area (Å²) in [5, 5.41) is 0. The number of rotatable bonds is 2. The molecule has 4 nitrogen and oxygen atoms in total. The number of aryl methyl sites for hydroxylation is 1. The molecule has 5 heteroatoms. The first kappa shape index (κ1) is 14.5. The van der Waals surface area contributed by atoms with Crippen LogP contribution in [0.25, 0.3) is 0 Å². The fourth-order valence-corrected chi connectivity index (χ4v) is 6.06. The third kappa shape index (κ3) is 1.91. The van der Waals surface area contributed by atoms with Gasteiger partial charge in [0.2, 0.25) is 0 Å². The van der Waals surface area contributed by atoms with Gasteiger partial charge >= 0.3 is 0 Å². The van der Waals surface area contributed by atoms with Crippen molar-refractivity contribution in [2.45, 2.75) is 48.8 Å². The van der Waals surface area contributed by atoms with E-state index in [1.54, 1.807) is 16.4 Å². The number of para-hydroxylation sites is 1. The van der Waals surface area contributed by atoms with E-state index in [9.17, 15) is 8.42 Å². The van der Waals surface area contributed by atoms with Crippen LogP contribution in [-0.4, -0.2) is 26.7 Å². The minimum atomic E-state index is -3.59. The fraction of sp³-hybridized carbons (Fsp3) is 0.368. The van der Waals surface area contributed by atoms with Crippen LogP contribution in [-0.2, 0) is 14.8 Å². The maximum Gasteiger partial charge on any atom is 0.264 e. The number of ether oxygens (including phenoxy) is 1. The summed E-state index contributed by atoms with van der Waals surface area (Å²) in [5.74, 6) is 0.241. The second-order valence-corrected chi connectivity index (χ2v) is 8.80. The molecule has 0 aromatic heterocycles. The van der Waals surface area contributed by atoms with E-state index in [4.69, 9.17) is 4.74 Å². The lowest BCUT2D eigenvalue weighted by Crippen LogP contribution is -2.44. The monoisotopic (exact) mass is 341 g/mol. The Balaban J connectivity index is 1.67. The number of benzene rings is 2. The van der Waals surface area contributed by atoms with Crippen LogP contribution in [0, 0.1) is 6.92 Å². The smallest absolute Gasteiger partial charge is 0.264 e. The van der Waals surface area contributed by atoms with Gasteiger partial charge in [-0.05, 0) is 43.5 Å². The van der Waals surface area contributed by atoms with E-state index in [0.29, 0.717) is 4.90 Å². The summed E-state index contributed by atoms with van der Waals surface area (Å²) in [6.07, 6.45) is 2.29. The van der Waals surface area contributed by atoms with Crippen molar-refractivity contribution >= 4 is 15.7 Å². The third-order valence-electron chi connectivity index (χ3n) is 5.56. The number of fused-ring (bicyclic) bond motifs is 5. The summed E-state index contributed by atoms with van der Waals surface area (Å²) < 4.78 is 34.2. The Morgan fingerprint density at radius 3 is 2.58 bits per heavy atom. The molecule has 2 fully saturated rings. The van der Waals surface area contributed by atoms with Crippen molar-refractivity contribution in [3.05, 3.63) is 59.7 Å². The summed E-state index contributed by atoms with van der Waals surface area (Å²) in [6.45, 7) is 1.96. The van der Waals surface area contributed by atoms with Crippen molar-refractivity contribution in [3.8, 4) is 0 Å². The first-order valence-corrected chi connectivity index (χ1v) is 9.87. The lowest BCUT2D eigenvalue weighted by atomic mass is 9.83. The van der Waals surface area contributed by atoms with Gasteiger partial charge in [-0.1, -0.05) is 35.9 Å². The summed E-state index contributed by atoms with van der Waals surface area (Å²) >= 11 is 0. The molecule has 1 aliphatic carbocycles. The number of hydrogen-bond donors (Lipinski definition) is 0. The summed E-state index contributed by atoms with van der Waals surface area (Å²) in [5.41, 5.74) is 3.02. The van der Waals surface area contributed by atoms with Crippen LogP contribution in [0.3, 0.4) is 0 Å². The predicted octanol–water partition coefficient (Wildman–Crippen LogP) is 3.22. The standard InChI is InChI=1S/C19H19NO3S/c1-12-6-8-13(9-7-12)24(21,22)20-16-5-3-2-4-14(16)15-10-11-17-19(23-17)18(15)20/h2-9,15,17-19H,10-11H2,1H3. The highest BCUT2D eigenvalue weighted by molar-refractivity contribution is 7.92. The van der Waals surface area contributed by atoms with Crippen molar-refractivity contribution in [1.82, 2.24) is 0 Å². The average Bonchev–Trinajstić information content (AvgIpc) is 3.29. The van der Waals surface area contributed by atoms with Gasteiger partial charge in [-0.15, -0.1) is 0 Å². The molecular formula is C19H19NO3S. The molecule has 0 radical (unpaired) electrons. The highest BCUT2D eigenvalue weighted by Gasteiger charge is 2.59. The maximum atomic E-state index is 13.4. The first-order valence-electron chi connectivity index (χ1n) is 8.43. The molecule has 0 spiro atoms. The van der Waals surface area contributed by atoms with E-state index in [1.807, 2.05) is 37.3 Å². The van der Waals surface area contributed by atoms with Gasteiger partial charge in [0, 0.05) is 5.92 Å². The summed E-state index contributed by atoms with van der Waals surface area (Å²) in [4.78, 5) is 0.353. The Bertz CT molecular complexity index is 906. The SMILES string of the molecule is Cc1ccc(S(=O)(=O)N2c3ccccc3C3CCC4OC4C32)cc1. The third-order valence-corrected chi connectivity index (χ3v) is 7.38. The lowest BCUT2D eigenvalue weighted by molar-refractivity contribution is 0.357. The summed E-state index contributed by atoms with van der Waals surface area (Å²) in [6, 6.07) is 14.9. The Morgan fingerprint density at radius 2 is 1.79 bits per heavy atom. The molecule has 1 saturated heterocycles. The Labute approximate surface area is 142 Å². The van der Waals surface area contributed by atoms with Crippen molar-refractivity contribution in [2.75, 3.05) is 4.31 Å². The molecule has 24 heavy (non-hydrogen) atoms. The van der Waals surface area contributed by atoms with Gasteiger partial charge in [0.1, 0.15) is 6.10 Å². The number of sulfonamides is 1. The zero-order valence-electron chi connectivity index (χ0n) is 13.4. The topological polar surface area (TPSA) is 49.9 Å². The minimum Gasteiger partial charge on any atom is -0.367 e. The van der Waals surface area contributed by atoms with Crippen molar-refractivity contribution in [2.24, 2.45) is 0 Å². The van der Waals surface area contributed by atoms with Gasteiger partial charge in [-0.3, -0.25) is 4.31 Å². The normalized spacial score (nSPS) is 30.5. The van der Waals surface area contributed by atoms with E-state index in [1.165, 1.54) is 0 Å². The van der Waals surface area contributed by atoms with Gasteiger partial charge in [0.15, 0.2) is 0 Å². The molecule has 3 aliphatic rings. The Hall–Kier alpha value is -1.85. The van der Waals surface area contributed by atoms with Crippen LogP contribution in [0.2, 0.25) is 0 Å². The largest absolute Gasteiger partial charge is 0.367 e. The molecular weight excluding hydrogens is 322 g/mol. The van der Waals surface area contributed by atoms with Crippen molar-refractivity contribution in [3.63, 3.8) is 0 Å². The Kier molecular flexibility index (Phi) is 2.92. The van der Waals surface area contributed by atoms with Crippen LogP contribution in [0.4, 0.5) is 5.69 Å². The predicted molar refractivity (Wildman–Crippen MR) is 91.7 cm³/mol. The van der Waals surface area contributed by atoms with E-state index in [-0.39, 0.29) is 24.2 Å². The minimum absolute atomic E-state index is 0.0383. The van der Waals surface area contributed by atoms with Crippen LogP contribution in [0.1, 0.15) is 29.9 Å². The zero-order valence-corrected chi connectivity index (χ0v) is 14.2. The van der Waals surface area contributed by atoms with Crippen molar-refractivity contribution in [1.29, 1.82) is 0 Å². The van der Waals surface area contributed by atoms with Gasteiger partial charge in [-0.25, -0.2) is 8.42 Å².